The smallest absolute Gasteiger partial charge is 0.139 e. The largest absolute Gasteiger partial charge is 0.508 e. The number of aromatic hydroxyl groups is 1. The minimum absolute atomic E-state index is 0.191. The fourth-order valence-corrected chi connectivity index (χ4v) is 9.40. The normalized spacial score (nSPS) is 42.7. The van der Waals surface area contributed by atoms with E-state index in [4.69, 9.17) is 4.98 Å². The number of Topliss-reactive ketones (excluding diaryl/α,β-unsaturated/α-hetero) is 1. The number of benzene rings is 1. The lowest BCUT2D eigenvalue weighted by Crippen LogP contribution is -2.65. The van der Waals surface area contributed by atoms with E-state index < -0.39 is 17.1 Å². The highest BCUT2D eigenvalue weighted by Crippen LogP contribution is 2.68. The number of aryl methyl sites for hydroxylation is 1. The monoisotopic (exact) mass is 453 g/mol. The first-order valence-electron chi connectivity index (χ1n) is 11.9. The van der Waals surface area contributed by atoms with E-state index in [9.17, 15) is 20.1 Å². The van der Waals surface area contributed by atoms with E-state index in [1.807, 2.05) is 6.07 Å². The van der Waals surface area contributed by atoms with Gasteiger partial charge in [0.25, 0.3) is 0 Å². The second-order valence-electron chi connectivity index (χ2n) is 11.1. The van der Waals surface area contributed by atoms with Gasteiger partial charge in [0.2, 0.25) is 0 Å². The highest BCUT2D eigenvalue weighted by Gasteiger charge is 2.68. The van der Waals surface area contributed by atoms with Crippen molar-refractivity contribution in [2.75, 3.05) is 0 Å². The molecule has 6 heteroatoms. The number of thiazole rings is 1. The van der Waals surface area contributed by atoms with Crippen molar-refractivity contribution in [2.45, 2.75) is 70.5 Å². The summed E-state index contributed by atoms with van der Waals surface area (Å²) in [5.74, 6) is 1.47. The number of carbonyl (C=O) groups is 1. The Kier molecular flexibility index (Phi) is 4.32. The average Bonchev–Trinajstić information content (AvgIpc) is 3.33. The van der Waals surface area contributed by atoms with Gasteiger partial charge in [0.05, 0.1) is 16.7 Å². The van der Waals surface area contributed by atoms with Crippen molar-refractivity contribution in [3.8, 4) is 16.3 Å². The molecule has 1 aromatic heterocycles. The van der Waals surface area contributed by atoms with Crippen LogP contribution in [0.5, 0.6) is 5.75 Å². The first kappa shape index (κ1) is 20.8. The number of ketones is 1. The van der Waals surface area contributed by atoms with Crippen LogP contribution in [-0.4, -0.2) is 32.2 Å². The zero-order valence-electron chi connectivity index (χ0n) is 18.7. The Morgan fingerprint density at radius 3 is 2.72 bits per heavy atom. The molecule has 1 aromatic carbocycles. The minimum atomic E-state index is -1.33. The van der Waals surface area contributed by atoms with E-state index in [0.29, 0.717) is 30.5 Å². The SMILES string of the molecule is C[C@]12CC[C@H]3[C@@H](C[C@H](O)[C@@]4(O)c5sc(-c6cccc(O)c6)nc5CC[C@]34C)[C@@H]1CCC2=O. The van der Waals surface area contributed by atoms with Crippen LogP contribution < -0.4 is 0 Å². The number of aliphatic hydroxyl groups excluding tert-OH is 1. The molecule has 32 heavy (non-hydrogen) atoms. The van der Waals surface area contributed by atoms with Crippen molar-refractivity contribution >= 4 is 17.1 Å². The zero-order valence-corrected chi connectivity index (χ0v) is 19.5. The van der Waals surface area contributed by atoms with E-state index in [-0.39, 0.29) is 17.1 Å². The molecule has 0 saturated heterocycles. The Morgan fingerprint density at radius 1 is 1.12 bits per heavy atom. The van der Waals surface area contributed by atoms with E-state index in [0.717, 1.165) is 53.2 Å². The van der Waals surface area contributed by atoms with Crippen LogP contribution in [0.1, 0.15) is 62.9 Å². The molecule has 2 aromatic rings. The van der Waals surface area contributed by atoms with Gasteiger partial charge in [0, 0.05) is 22.8 Å². The zero-order chi connectivity index (χ0) is 22.5. The second-order valence-corrected chi connectivity index (χ2v) is 12.1. The maximum atomic E-state index is 12.7. The molecule has 5 nitrogen and oxygen atoms in total. The molecular formula is C26H31NO4S. The molecule has 0 bridgehead atoms. The Labute approximate surface area is 192 Å². The molecule has 3 saturated carbocycles. The van der Waals surface area contributed by atoms with Crippen LogP contribution in [0.25, 0.3) is 10.6 Å². The molecule has 1 heterocycles. The molecule has 0 radical (unpaired) electrons. The number of rotatable bonds is 1. The van der Waals surface area contributed by atoms with Crippen molar-refractivity contribution in [1.82, 2.24) is 4.98 Å². The van der Waals surface area contributed by atoms with Crippen LogP contribution in [0, 0.1) is 28.6 Å². The number of hydrogen-bond acceptors (Lipinski definition) is 6. The summed E-state index contributed by atoms with van der Waals surface area (Å²) < 4.78 is 0. The maximum absolute atomic E-state index is 12.7. The van der Waals surface area contributed by atoms with Gasteiger partial charge in [0.15, 0.2) is 0 Å². The Morgan fingerprint density at radius 2 is 1.94 bits per heavy atom. The van der Waals surface area contributed by atoms with E-state index >= 15 is 0 Å². The van der Waals surface area contributed by atoms with Crippen molar-refractivity contribution in [2.24, 2.45) is 28.6 Å². The van der Waals surface area contributed by atoms with E-state index in [1.54, 1.807) is 18.2 Å². The Balaban J connectivity index is 1.43. The van der Waals surface area contributed by atoms with Gasteiger partial charge < -0.3 is 15.3 Å². The summed E-state index contributed by atoms with van der Waals surface area (Å²) in [5, 5.41) is 34.5. The molecule has 4 aliphatic rings. The predicted octanol–water partition coefficient (Wildman–Crippen LogP) is 4.43. The van der Waals surface area contributed by atoms with Crippen LogP contribution in [0.4, 0.5) is 0 Å². The Hall–Kier alpha value is -1.76. The third kappa shape index (κ3) is 2.46. The van der Waals surface area contributed by atoms with Crippen molar-refractivity contribution in [1.29, 1.82) is 0 Å². The lowest BCUT2D eigenvalue weighted by Gasteiger charge is -2.63. The topological polar surface area (TPSA) is 90.7 Å². The highest BCUT2D eigenvalue weighted by atomic mass is 32.1. The van der Waals surface area contributed by atoms with Crippen molar-refractivity contribution in [3.63, 3.8) is 0 Å². The van der Waals surface area contributed by atoms with E-state index in [1.165, 1.54) is 11.3 Å². The number of hydrogen-bond donors (Lipinski definition) is 3. The van der Waals surface area contributed by atoms with Crippen LogP contribution in [0.15, 0.2) is 24.3 Å². The third-order valence-electron chi connectivity index (χ3n) is 9.83. The van der Waals surface area contributed by atoms with E-state index in [2.05, 4.69) is 13.8 Å². The maximum Gasteiger partial charge on any atom is 0.139 e. The quantitative estimate of drug-likeness (QED) is 0.594. The molecule has 170 valence electrons. The fraction of sp³-hybridized carbons (Fsp3) is 0.615. The average molecular weight is 454 g/mol. The van der Waals surface area contributed by atoms with Crippen LogP contribution in [0.2, 0.25) is 0 Å². The summed E-state index contributed by atoms with van der Waals surface area (Å²) in [5.41, 5.74) is -0.319. The summed E-state index contributed by atoms with van der Waals surface area (Å²) in [7, 11) is 0. The summed E-state index contributed by atoms with van der Waals surface area (Å²) in [6, 6.07) is 7.04. The number of fused-ring (bicyclic) bond motifs is 7. The molecule has 3 N–H and O–H groups in total. The van der Waals surface area contributed by atoms with Gasteiger partial charge in [-0.3, -0.25) is 4.79 Å². The molecule has 0 aliphatic heterocycles. The summed E-state index contributed by atoms with van der Waals surface area (Å²) >= 11 is 1.46. The predicted molar refractivity (Wildman–Crippen MR) is 122 cm³/mol. The number of nitrogens with zero attached hydrogens (tertiary/aromatic N) is 1. The summed E-state index contributed by atoms with van der Waals surface area (Å²) in [6.07, 6.45) is 4.65. The van der Waals surface area contributed by atoms with Crippen LogP contribution in [0.3, 0.4) is 0 Å². The lowest BCUT2D eigenvalue weighted by atomic mass is 9.43. The molecular weight excluding hydrogens is 422 g/mol. The number of aromatic nitrogens is 1. The summed E-state index contributed by atoms with van der Waals surface area (Å²) in [6.45, 7) is 4.31. The summed E-state index contributed by atoms with van der Waals surface area (Å²) in [4.78, 5) is 18.3. The van der Waals surface area contributed by atoms with Gasteiger partial charge >= 0.3 is 0 Å². The van der Waals surface area contributed by atoms with Crippen molar-refractivity contribution < 1.29 is 20.1 Å². The lowest BCUT2D eigenvalue weighted by molar-refractivity contribution is -0.247. The van der Waals surface area contributed by atoms with Crippen molar-refractivity contribution in [3.05, 3.63) is 34.8 Å². The number of phenols is 1. The van der Waals surface area contributed by atoms with Gasteiger partial charge in [-0.25, -0.2) is 4.98 Å². The van der Waals surface area contributed by atoms with Gasteiger partial charge in [-0.2, -0.15) is 0 Å². The first-order valence-corrected chi connectivity index (χ1v) is 12.7. The molecule has 6 rings (SSSR count). The molecule has 0 unspecified atom stereocenters. The molecule has 3 fully saturated rings. The minimum Gasteiger partial charge on any atom is -0.508 e. The second kappa shape index (κ2) is 6.64. The number of phenolic OH excluding ortho intramolecular Hbond substituents is 1. The molecule has 0 amide bonds. The fourth-order valence-electron chi connectivity index (χ4n) is 8.02. The number of aliphatic hydroxyl groups is 2. The van der Waals surface area contributed by atoms with Crippen LogP contribution >= 0.6 is 11.3 Å². The number of carbonyl (C=O) groups excluding carboxylic acids is 1. The van der Waals surface area contributed by atoms with Gasteiger partial charge in [-0.1, -0.05) is 26.0 Å². The van der Waals surface area contributed by atoms with Gasteiger partial charge in [-0.15, -0.1) is 11.3 Å². The van der Waals surface area contributed by atoms with Gasteiger partial charge in [0.1, 0.15) is 22.1 Å². The highest BCUT2D eigenvalue weighted by molar-refractivity contribution is 7.15. The molecule has 0 spiro atoms. The van der Waals surface area contributed by atoms with Gasteiger partial charge in [-0.05, 0) is 68.4 Å². The molecule has 4 aliphatic carbocycles. The van der Waals surface area contributed by atoms with Crippen LogP contribution in [-0.2, 0) is 16.8 Å². The Bertz CT molecular complexity index is 1110. The third-order valence-corrected chi connectivity index (χ3v) is 11.1. The molecule has 7 atom stereocenters. The standard InChI is InChI=1S/C26H31NO4S/c1-24-10-8-18-16(17(24)6-7-20(24)29)13-21(30)26(31)22-19(9-11-25(18,26)2)27-23(32-22)14-4-3-5-15(28)12-14/h3-5,12,16-18,21,28,30-31H,6-11,13H2,1-2H3/t16-,17-,18-,21-,24-,25+,26+/m0/s1. The first-order chi connectivity index (χ1) is 15.2.